The Morgan fingerprint density at radius 3 is 2.31 bits per heavy atom. The van der Waals surface area contributed by atoms with Crippen molar-refractivity contribution in [3.63, 3.8) is 0 Å². The number of halogens is 3. The van der Waals surface area contributed by atoms with Crippen LogP contribution in [0.15, 0.2) is 72.9 Å². The standard InChI is InChI=1S/C24H15F3N.Ir/c1-23(24(25,26)27)20-9-5-4-8-18(20)19-11-10-16(12-21(19)23)22-13-15-6-2-3-7-17(15)14-28-22;/h2-9,11-14H,1H3;/q-1;. The van der Waals surface area contributed by atoms with Crippen LogP contribution in [0.4, 0.5) is 13.2 Å². The number of alkyl halides is 3. The summed E-state index contributed by atoms with van der Waals surface area (Å²) in [5.41, 5.74) is 0.861. The molecule has 0 aliphatic heterocycles. The number of nitrogens with zero attached hydrogens (tertiary/aromatic N) is 1. The molecule has 3 aromatic carbocycles. The molecule has 5 heteroatoms. The Hall–Kier alpha value is -2.49. The fourth-order valence-corrected chi connectivity index (χ4v) is 4.11. The van der Waals surface area contributed by atoms with Gasteiger partial charge in [0.2, 0.25) is 0 Å². The second-order valence-electron chi connectivity index (χ2n) is 7.26. The summed E-state index contributed by atoms with van der Waals surface area (Å²) in [6.07, 6.45) is -2.67. The van der Waals surface area contributed by atoms with Crippen LogP contribution in [0.25, 0.3) is 33.2 Å². The Kier molecular flexibility index (Phi) is 4.64. The van der Waals surface area contributed by atoms with Gasteiger partial charge in [-0.3, -0.25) is 0 Å². The van der Waals surface area contributed by atoms with Crippen molar-refractivity contribution in [1.29, 1.82) is 0 Å². The number of hydrogen-bond donors (Lipinski definition) is 0. The number of pyridine rings is 1. The van der Waals surface area contributed by atoms with Gasteiger partial charge in [-0.2, -0.15) is 13.2 Å². The second-order valence-corrected chi connectivity index (χ2v) is 7.26. The summed E-state index contributed by atoms with van der Waals surface area (Å²) < 4.78 is 42.7. The first-order valence-corrected chi connectivity index (χ1v) is 8.97. The van der Waals surface area contributed by atoms with Crippen LogP contribution in [0, 0.1) is 6.07 Å². The molecule has 5 rings (SSSR count). The van der Waals surface area contributed by atoms with Gasteiger partial charge in [0.05, 0.1) is 5.41 Å². The van der Waals surface area contributed by atoms with Gasteiger partial charge in [0, 0.05) is 26.3 Å². The minimum atomic E-state index is -4.41. The number of fused-ring (bicyclic) bond motifs is 4. The number of rotatable bonds is 1. The molecule has 0 saturated heterocycles. The average molecular weight is 567 g/mol. The summed E-state index contributed by atoms with van der Waals surface area (Å²) >= 11 is 0. The van der Waals surface area contributed by atoms with Crippen molar-refractivity contribution < 1.29 is 33.3 Å². The van der Waals surface area contributed by atoms with E-state index in [9.17, 15) is 13.2 Å². The largest absolute Gasteiger partial charge is 0.400 e. The maximum atomic E-state index is 14.2. The van der Waals surface area contributed by atoms with E-state index >= 15 is 0 Å². The van der Waals surface area contributed by atoms with E-state index in [0.29, 0.717) is 22.4 Å². The molecule has 0 spiro atoms. The first-order chi connectivity index (χ1) is 13.4. The molecule has 1 aliphatic carbocycles. The molecule has 29 heavy (non-hydrogen) atoms. The van der Waals surface area contributed by atoms with Gasteiger partial charge >= 0.3 is 6.18 Å². The summed E-state index contributed by atoms with van der Waals surface area (Å²) in [5.74, 6) is 0. The van der Waals surface area contributed by atoms with Crippen molar-refractivity contribution in [2.75, 3.05) is 0 Å². The molecule has 1 heterocycles. The number of aromatic nitrogens is 1. The fraction of sp³-hybridized carbons (Fsp3) is 0.125. The predicted molar refractivity (Wildman–Crippen MR) is 104 cm³/mol. The summed E-state index contributed by atoms with van der Waals surface area (Å²) in [7, 11) is 0. The third kappa shape index (κ3) is 2.84. The van der Waals surface area contributed by atoms with Crippen molar-refractivity contribution in [2.24, 2.45) is 0 Å². The van der Waals surface area contributed by atoms with Gasteiger partial charge in [-0.15, -0.1) is 29.3 Å². The van der Waals surface area contributed by atoms with E-state index in [2.05, 4.69) is 11.1 Å². The van der Waals surface area contributed by atoms with Gasteiger partial charge in [-0.1, -0.05) is 65.7 Å². The molecule has 0 N–H and O–H groups in total. The second kappa shape index (κ2) is 6.79. The molecule has 0 bridgehead atoms. The first kappa shape index (κ1) is 19.8. The van der Waals surface area contributed by atoms with Gasteiger partial charge < -0.3 is 4.98 Å². The molecular formula is C24H15F3IrN-. The molecule has 1 nitrogen and oxygen atoms in total. The Bertz CT molecular complexity index is 1230. The van der Waals surface area contributed by atoms with Crippen LogP contribution in [0.3, 0.4) is 0 Å². The monoisotopic (exact) mass is 567 g/mol. The maximum absolute atomic E-state index is 14.2. The molecule has 0 fully saturated rings. The zero-order chi connectivity index (χ0) is 19.5. The predicted octanol–water partition coefficient (Wildman–Crippen LogP) is 6.55. The van der Waals surface area contributed by atoms with E-state index in [1.807, 2.05) is 30.3 Å². The third-order valence-electron chi connectivity index (χ3n) is 5.72. The molecule has 0 amide bonds. The molecule has 4 aromatic rings. The van der Waals surface area contributed by atoms with E-state index in [0.717, 1.165) is 10.8 Å². The number of hydrogen-bond acceptors (Lipinski definition) is 1. The van der Waals surface area contributed by atoms with Gasteiger partial charge in [-0.25, -0.2) is 0 Å². The van der Waals surface area contributed by atoms with Crippen molar-refractivity contribution in [1.82, 2.24) is 4.98 Å². The maximum Gasteiger partial charge on any atom is 0.400 e. The molecule has 0 saturated carbocycles. The van der Waals surface area contributed by atoms with Gasteiger partial charge in [0.1, 0.15) is 0 Å². The van der Waals surface area contributed by atoms with Gasteiger partial charge in [0.15, 0.2) is 0 Å². The van der Waals surface area contributed by atoms with E-state index in [-0.39, 0.29) is 31.2 Å². The van der Waals surface area contributed by atoms with Crippen LogP contribution >= 0.6 is 0 Å². The van der Waals surface area contributed by atoms with E-state index < -0.39 is 11.6 Å². The first-order valence-electron chi connectivity index (χ1n) is 8.97. The van der Waals surface area contributed by atoms with E-state index in [4.69, 9.17) is 0 Å². The quantitative estimate of drug-likeness (QED) is 0.238. The fourth-order valence-electron chi connectivity index (χ4n) is 4.11. The molecule has 1 aliphatic rings. The van der Waals surface area contributed by atoms with E-state index in [1.54, 1.807) is 42.6 Å². The Morgan fingerprint density at radius 1 is 0.862 bits per heavy atom. The van der Waals surface area contributed by atoms with Crippen molar-refractivity contribution in [3.05, 3.63) is 90.1 Å². The van der Waals surface area contributed by atoms with Gasteiger partial charge in [-0.05, 0) is 29.0 Å². The summed E-state index contributed by atoms with van der Waals surface area (Å²) in [4.78, 5) is 4.45. The summed E-state index contributed by atoms with van der Waals surface area (Å²) in [6.45, 7) is 1.26. The molecule has 1 aromatic heterocycles. The smallest absolute Gasteiger partial charge is 0.304 e. The summed E-state index contributed by atoms with van der Waals surface area (Å²) in [5, 5.41) is 1.98. The minimum Gasteiger partial charge on any atom is -0.304 e. The number of benzene rings is 3. The van der Waals surface area contributed by atoms with Crippen molar-refractivity contribution in [2.45, 2.75) is 18.5 Å². The van der Waals surface area contributed by atoms with Crippen LogP contribution in [-0.4, -0.2) is 11.2 Å². The van der Waals surface area contributed by atoms with Crippen LogP contribution in [-0.2, 0) is 25.5 Å². The molecule has 147 valence electrons. The molecule has 1 unspecified atom stereocenters. The SMILES string of the molecule is CC1(C(F)(F)F)c2ccccc2-c2c[c-]c(-c3cc4ccccc4cn3)cc21.[Ir]. The van der Waals surface area contributed by atoms with Crippen molar-refractivity contribution in [3.8, 4) is 22.4 Å². The minimum absolute atomic E-state index is 0. The van der Waals surface area contributed by atoms with Crippen molar-refractivity contribution >= 4 is 10.8 Å². The van der Waals surface area contributed by atoms with Crippen LogP contribution in [0.5, 0.6) is 0 Å². The van der Waals surface area contributed by atoms with Crippen LogP contribution in [0.1, 0.15) is 18.1 Å². The molecule has 1 atom stereocenters. The molecular weight excluding hydrogens is 551 g/mol. The molecule has 1 radical (unpaired) electrons. The normalized spacial score (nSPS) is 17.5. The Balaban J connectivity index is 0.00000205. The van der Waals surface area contributed by atoms with Gasteiger partial charge in [0.25, 0.3) is 0 Å². The third-order valence-corrected chi connectivity index (χ3v) is 5.72. The zero-order valence-electron chi connectivity index (χ0n) is 15.3. The Morgan fingerprint density at radius 2 is 1.55 bits per heavy atom. The zero-order valence-corrected chi connectivity index (χ0v) is 17.7. The Labute approximate surface area is 180 Å². The van der Waals surface area contributed by atoms with Crippen LogP contribution < -0.4 is 0 Å². The topological polar surface area (TPSA) is 12.9 Å². The van der Waals surface area contributed by atoms with Crippen LogP contribution in [0.2, 0.25) is 0 Å². The average Bonchev–Trinajstić information content (AvgIpc) is 2.97. The van der Waals surface area contributed by atoms with E-state index in [1.165, 1.54) is 6.92 Å². The summed E-state index contributed by atoms with van der Waals surface area (Å²) in [6, 6.07) is 22.8.